The number of aliphatic carboxylic acids is 1. The summed E-state index contributed by atoms with van der Waals surface area (Å²) in [6, 6.07) is 4.06. The summed E-state index contributed by atoms with van der Waals surface area (Å²) >= 11 is 1.33. The van der Waals surface area contributed by atoms with E-state index >= 15 is 0 Å². The molecule has 0 radical (unpaired) electrons. The van der Waals surface area contributed by atoms with Gasteiger partial charge in [0.2, 0.25) is 5.91 Å². The van der Waals surface area contributed by atoms with Gasteiger partial charge >= 0.3 is 5.97 Å². The van der Waals surface area contributed by atoms with Gasteiger partial charge in [0.1, 0.15) is 0 Å². The summed E-state index contributed by atoms with van der Waals surface area (Å²) in [4.78, 5) is 22.1. The van der Waals surface area contributed by atoms with Crippen molar-refractivity contribution in [2.24, 2.45) is 0 Å². The van der Waals surface area contributed by atoms with E-state index in [2.05, 4.69) is 5.32 Å². The molecule has 0 atom stereocenters. The predicted octanol–water partition coefficient (Wildman–Crippen LogP) is 2.76. The second kappa shape index (κ2) is 7.19. The van der Waals surface area contributed by atoms with Gasteiger partial charge < -0.3 is 10.4 Å². The van der Waals surface area contributed by atoms with Crippen molar-refractivity contribution >= 4 is 29.3 Å². The summed E-state index contributed by atoms with van der Waals surface area (Å²) in [6.45, 7) is 5.95. The normalized spacial score (nSPS) is 10.3. The highest BCUT2D eigenvalue weighted by molar-refractivity contribution is 7.99. The van der Waals surface area contributed by atoms with Crippen molar-refractivity contribution in [1.82, 2.24) is 0 Å². The van der Waals surface area contributed by atoms with Crippen LogP contribution in [0.5, 0.6) is 0 Å². The lowest BCUT2D eigenvalue weighted by molar-refractivity contribution is -0.136. The quantitative estimate of drug-likeness (QED) is 0.787. The first-order valence-corrected chi connectivity index (χ1v) is 7.23. The molecule has 0 spiro atoms. The van der Waals surface area contributed by atoms with Crippen molar-refractivity contribution in [3.05, 3.63) is 28.8 Å². The Morgan fingerprint density at radius 3 is 2.32 bits per heavy atom. The third-order valence-electron chi connectivity index (χ3n) is 2.63. The number of amides is 1. The number of carbonyl (C=O) groups is 2. The molecule has 4 nitrogen and oxygen atoms in total. The van der Waals surface area contributed by atoms with Crippen molar-refractivity contribution < 1.29 is 14.7 Å². The third-order valence-corrected chi connectivity index (χ3v) is 3.59. The number of hydrogen-bond acceptors (Lipinski definition) is 3. The summed E-state index contributed by atoms with van der Waals surface area (Å²) < 4.78 is 0. The molecule has 0 aromatic heterocycles. The van der Waals surface area contributed by atoms with Crippen LogP contribution in [-0.2, 0) is 9.59 Å². The SMILES string of the molecule is Cc1cc(C)c(NC(=O)CSCCC(=O)O)c(C)c1. The average Bonchev–Trinajstić information content (AvgIpc) is 2.29. The predicted molar refractivity (Wildman–Crippen MR) is 78.9 cm³/mol. The number of hydrogen-bond donors (Lipinski definition) is 2. The largest absolute Gasteiger partial charge is 0.481 e. The van der Waals surface area contributed by atoms with Crippen molar-refractivity contribution in [3.63, 3.8) is 0 Å². The molecule has 0 saturated heterocycles. The van der Waals surface area contributed by atoms with E-state index in [4.69, 9.17) is 5.11 Å². The van der Waals surface area contributed by atoms with Gasteiger partial charge in [-0.2, -0.15) is 11.8 Å². The lowest BCUT2D eigenvalue weighted by Gasteiger charge is -2.12. The molecule has 0 aliphatic carbocycles. The fourth-order valence-corrected chi connectivity index (χ4v) is 2.60. The van der Waals surface area contributed by atoms with E-state index < -0.39 is 5.97 Å². The molecule has 0 heterocycles. The second-order valence-corrected chi connectivity index (χ2v) is 5.62. The van der Waals surface area contributed by atoms with Crippen LogP contribution in [0.2, 0.25) is 0 Å². The molecule has 0 bridgehead atoms. The van der Waals surface area contributed by atoms with Crippen LogP contribution in [0.3, 0.4) is 0 Å². The molecule has 5 heteroatoms. The molecule has 0 saturated carbocycles. The molecule has 1 aromatic carbocycles. The molecule has 1 rings (SSSR count). The fourth-order valence-electron chi connectivity index (χ4n) is 1.88. The second-order valence-electron chi connectivity index (χ2n) is 4.52. The Bertz CT molecular complexity index is 463. The number of nitrogens with one attached hydrogen (secondary N) is 1. The minimum atomic E-state index is -0.835. The molecule has 104 valence electrons. The molecule has 0 aliphatic heterocycles. The first kappa shape index (κ1) is 15.6. The molecule has 0 unspecified atom stereocenters. The van der Waals surface area contributed by atoms with Gasteiger partial charge in [0.05, 0.1) is 12.2 Å². The highest BCUT2D eigenvalue weighted by Gasteiger charge is 2.08. The number of carboxylic acid groups (broad SMARTS) is 1. The van der Waals surface area contributed by atoms with E-state index in [0.717, 1.165) is 16.8 Å². The maximum Gasteiger partial charge on any atom is 0.304 e. The Morgan fingerprint density at radius 1 is 1.21 bits per heavy atom. The molecule has 0 aliphatic rings. The summed E-state index contributed by atoms with van der Waals surface area (Å²) in [5.41, 5.74) is 4.11. The Morgan fingerprint density at radius 2 is 1.79 bits per heavy atom. The number of carbonyl (C=O) groups excluding carboxylic acids is 1. The Hall–Kier alpha value is -1.49. The minimum absolute atomic E-state index is 0.0839. The number of anilines is 1. The fraction of sp³-hybridized carbons (Fsp3) is 0.429. The van der Waals surface area contributed by atoms with Gasteiger partial charge in [-0.15, -0.1) is 0 Å². The topological polar surface area (TPSA) is 66.4 Å². The van der Waals surface area contributed by atoms with E-state index in [-0.39, 0.29) is 18.1 Å². The van der Waals surface area contributed by atoms with Crippen LogP contribution in [0.25, 0.3) is 0 Å². The van der Waals surface area contributed by atoms with Gasteiger partial charge in [0.15, 0.2) is 0 Å². The van der Waals surface area contributed by atoms with Gasteiger partial charge in [-0.3, -0.25) is 9.59 Å². The van der Waals surface area contributed by atoms with Crippen LogP contribution < -0.4 is 5.32 Å². The zero-order valence-electron chi connectivity index (χ0n) is 11.4. The summed E-state index contributed by atoms with van der Waals surface area (Å²) in [7, 11) is 0. The van der Waals surface area contributed by atoms with Gasteiger partial charge in [-0.1, -0.05) is 17.7 Å². The standard InChI is InChI=1S/C14H19NO3S/c1-9-6-10(2)14(11(3)7-9)15-12(16)8-19-5-4-13(17)18/h6-7H,4-5,8H2,1-3H3,(H,15,16)(H,17,18). The number of aryl methyl sites for hydroxylation is 3. The van der Waals surface area contributed by atoms with E-state index in [1.807, 2.05) is 32.9 Å². The van der Waals surface area contributed by atoms with Crippen molar-refractivity contribution in [3.8, 4) is 0 Å². The zero-order chi connectivity index (χ0) is 14.4. The monoisotopic (exact) mass is 281 g/mol. The van der Waals surface area contributed by atoms with E-state index in [1.54, 1.807) is 0 Å². The molecule has 2 N–H and O–H groups in total. The molecule has 19 heavy (non-hydrogen) atoms. The number of benzene rings is 1. The van der Waals surface area contributed by atoms with Gasteiger partial charge in [0.25, 0.3) is 0 Å². The first-order valence-electron chi connectivity index (χ1n) is 6.07. The van der Waals surface area contributed by atoms with E-state index in [0.29, 0.717) is 5.75 Å². The van der Waals surface area contributed by atoms with E-state index in [9.17, 15) is 9.59 Å². The Labute approximate surface area is 117 Å². The van der Waals surface area contributed by atoms with Crippen LogP contribution >= 0.6 is 11.8 Å². The molecular weight excluding hydrogens is 262 g/mol. The van der Waals surface area contributed by atoms with Crippen LogP contribution in [0.4, 0.5) is 5.69 Å². The smallest absolute Gasteiger partial charge is 0.304 e. The first-order chi connectivity index (χ1) is 8.90. The Balaban J connectivity index is 2.51. The number of thioether (sulfide) groups is 1. The zero-order valence-corrected chi connectivity index (χ0v) is 12.3. The van der Waals surface area contributed by atoms with Gasteiger partial charge in [-0.05, 0) is 31.9 Å². The molecule has 0 fully saturated rings. The van der Waals surface area contributed by atoms with Crippen LogP contribution in [0.15, 0.2) is 12.1 Å². The summed E-state index contributed by atoms with van der Waals surface area (Å²) in [5.74, 6) is -0.196. The lowest BCUT2D eigenvalue weighted by atomic mass is 10.1. The van der Waals surface area contributed by atoms with Gasteiger partial charge in [0, 0.05) is 11.4 Å². The third kappa shape index (κ3) is 5.34. The Kier molecular flexibility index (Phi) is 5.89. The highest BCUT2D eigenvalue weighted by Crippen LogP contribution is 2.22. The number of carboxylic acids is 1. The van der Waals surface area contributed by atoms with Crippen molar-refractivity contribution in [2.75, 3.05) is 16.8 Å². The van der Waals surface area contributed by atoms with Gasteiger partial charge in [-0.25, -0.2) is 0 Å². The highest BCUT2D eigenvalue weighted by atomic mass is 32.2. The van der Waals surface area contributed by atoms with Crippen molar-refractivity contribution in [2.45, 2.75) is 27.2 Å². The maximum atomic E-state index is 11.8. The lowest BCUT2D eigenvalue weighted by Crippen LogP contribution is -2.16. The number of rotatable bonds is 6. The van der Waals surface area contributed by atoms with Crippen molar-refractivity contribution in [1.29, 1.82) is 0 Å². The summed E-state index contributed by atoms with van der Waals surface area (Å²) in [6.07, 6.45) is 0.0839. The van der Waals surface area contributed by atoms with E-state index in [1.165, 1.54) is 17.3 Å². The minimum Gasteiger partial charge on any atom is -0.481 e. The summed E-state index contributed by atoms with van der Waals surface area (Å²) in [5, 5.41) is 11.4. The van der Waals surface area contributed by atoms with Crippen LogP contribution in [0.1, 0.15) is 23.1 Å². The van der Waals surface area contributed by atoms with Crippen LogP contribution in [0, 0.1) is 20.8 Å². The molecular formula is C14H19NO3S. The maximum absolute atomic E-state index is 11.8. The molecule has 1 amide bonds. The van der Waals surface area contributed by atoms with Crippen LogP contribution in [-0.4, -0.2) is 28.5 Å². The molecule has 1 aromatic rings. The average molecular weight is 281 g/mol.